The van der Waals surface area contributed by atoms with E-state index >= 15 is 0 Å². The first kappa shape index (κ1) is 16.5. The lowest BCUT2D eigenvalue weighted by Gasteiger charge is -2.10. The molecule has 0 aliphatic carbocycles. The van der Waals surface area contributed by atoms with Crippen LogP contribution >= 0.6 is 23.5 Å². The Hall–Kier alpha value is -0.600. The minimum Gasteiger partial charge on any atom is -0.501 e. The molecule has 5 nitrogen and oxygen atoms in total. The fourth-order valence-electron chi connectivity index (χ4n) is 1.20. The molecule has 0 saturated heterocycles. The molecule has 8 heteroatoms. The van der Waals surface area contributed by atoms with Crippen molar-refractivity contribution in [1.29, 1.82) is 0 Å². The monoisotopic (exact) mass is 324 g/mol. The van der Waals surface area contributed by atoms with E-state index in [2.05, 4.69) is 0 Å². The summed E-state index contributed by atoms with van der Waals surface area (Å²) in [7, 11) is -3.68. The van der Waals surface area contributed by atoms with Crippen molar-refractivity contribution in [2.75, 3.05) is 12.4 Å². The minimum absolute atomic E-state index is 0.0230. The number of hydrogen-bond acceptors (Lipinski definition) is 7. The van der Waals surface area contributed by atoms with Crippen molar-refractivity contribution in [2.45, 2.75) is 26.7 Å². The Kier molecular flexibility index (Phi) is 6.28. The van der Waals surface area contributed by atoms with Gasteiger partial charge in [0.15, 0.2) is 19.8 Å². The predicted octanol–water partition coefficient (Wildman–Crippen LogP) is 2.77. The molecule has 1 heterocycles. The molecule has 1 aliphatic heterocycles. The van der Waals surface area contributed by atoms with Crippen molar-refractivity contribution >= 4 is 39.3 Å². The third-order valence-electron chi connectivity index (χ3n) is 2.26. The van der Waals surface area contributed by atoms with Gasteiger partial charge in [-0.25, -0.2) is 13.2 Å². The molecule has 108 valence electrons. The lowest BCUT2D eigenvalue weighted by Crippen LogP contribution is -2.19. The standard InChI is InChI=1S/C11H16O5S3/c1-3-5-6-16-10(13)9(19(14,15)4-2)11-17-7-8(12)18-11/h7,12H,3-6H2,1-2H3/b11-9-. The highest BCUT2D eigenvalue weighted by Gasteiger charge is 2.31. The molecular formula is C11H16O5S3. The zero-order chi connectivity index (χ0) is 14.5. The fraction of sp³-hybridized carbons (Fsp3) is 0.545. The normalized spacial score (nSPS) is 18.1. The first-order valence-corrected chi connectivity index (χ1v) is 9.15. The van der Waals surface area contributed by atoms with Crippen molar-refractivity contribution in [2.24, 2.45) is 0 Å². The van der Waals surface area contributed by atoms with Gasteiger partial charge in [0.1, 0.15) is 0 Å². The first-order chi connectivity index (χ1) is 8.92. The number of unbranched alkanes of at least 4 members (excludes halogenated alkanes) is 1. The summed E-state index contributed by atoms with van der Waals surface area (Å²) in [4.78, 5) is 11.6. The molecule has 1 N–H and O–H groups in total. The van der Waals surface area contributed by atoms with Crippen LogP contribution in [0.4, 0.5) is 0 Å². The van der Waals surface area contributed by atoms with Gasteiger partial charge in [0.2, 0.25) is 0 Å². The van der Waals surface area contributed by atoms with Crippen molar-refractivity contribution in [1.82, 2.24) is 0 Å². The Labute approximate surface area is 121 Å². The van der Waals surface area contributed by atoms with Crippen LogP contribution in [0.5, 0.6) is 0 Å². The van der Waals surface area contributed by atoms with E-state index in [1.807, 2.05) is 6.92 Å². The van der Waals surface area contributed by atoms with E-state index in [0.29, 0.717) is 6.42 Å². The number of ether oxygens (including phenoxy) is 1. The molecule has 0 aromatic carbocycles. The minimum atomic E-state index is -3.68. The summed E-state index contributed by atoms with van der Waals surface area (Å²) >= 11 is 1.88. The molecule has 19 heavy (non-hydrogen) atoms. The highest BCUT2D eigenvalue weighted by Crippen LogP contribution is 2.45. The Morgan fingerprint density at radius 3 is 2.58 bits per heavy atom. The molecule has 0 aromatic heterocycles. The van der Waals surface area contributed by atoms with E-state index in [9.17, 15) is 18.3 Å². The number of rotatable bonds is 6. The molecule has 0 bridgehead atoms. The van der Waals surface area contributed by atoms with Gasteiger partial charge in [-0.2, -0.15) is 0 Å². The number of carbonyl (C=O) groups excluding carboxylic acids is 1. The second-order valence-electron chi connectivity index (χ2n) is 3.69. The Morgan fingerprint density at radius 2 is 2.11 bits per heavy atom. The largest absolute Gasteiger partial charge is 0.501 e. The van der Waals surface area contributed by atoms with Crippen LogP contribution in [-0.4, -0.2) is 31.9 Å². The molecule has 0 aromatic rings. The summed E-state index contributed by atoms with van der Waals surface area (Å²) in [6, 6.07) is 0. The van der Waals surface area contributed by atoms with Crippen LogP contribution in [0.15, 0.2) is 19.6 Å². The maximum absolute atomic E-state index is 12.0. The fourth-order valence-corrected chi connectivity index (χ4v) is 4.78. The third-order valence-corrected chi connectivity index (χ3v) is 6.43. The maximum atomic E-state index is 12.0. The number of carbonyl (C=O) groups is 1. The van der Waals surface area contributed by atoms with Gasteiger partial charge in [0.05, 0.1) is 16.6 Å². The van der Waals surface area contributed by atoms with Crippen LogP contribution in [0, 0.1) is 0 Å². The second kappa shape index (κ2) is 7.25. The Bertz CT molecular complexity index is 504. The molecule has 0 fully saturated rings. The molecular weight excluding hydrogens is 308 g/mol. The molecule has 0 radical (unpaired) electrons. The van der Waals surface area contributed by atoms with E-state index in [-0.39, 0.29) is 26.6 Å². The SMILES string of the molecule is CCCCOC(=O)/C(=C1\SC=C(O)S1)S(=O)(=O)CC. The molecule has 0 spiro atoms. The molecule has 1 rings (SSSR count). The average molecular weight is 324 g/mol. The molecule has 0 saturated carbocycles. The number of aliphatic hydroxyl groups excluding tert-OH is 1. The maximum Gasteiger partial charge on any atom is 0.351 e. The highest BCUT2D eigenvalue weighted by atomic mass is 32.2. The number of esters is 1. The van der Waals surface area contributed by atoms with Crippen LogP contribution in [0.2, 0.25) is 0 Å². The predicted molar refractivity (Wildman–Crippen MR) is 78.2 cm³/mol. The van der Waals surface area contributed by atoms with E-state index in [1.165, 1.54) is 12.3 Å². The van der Waals surface area contributed by atoms with E-state index in [1.54, 1.807) is 0 Å². The van der Waals surface area contributed by atoms with Crippen molar-refractivity contribution in [3.8, 4) is 0 Å². The number of aliphatic hydroxyl groups is 1. The molecule has 1 aliphatic rings. The van der Waals surface area contributed by atoms with Crippen LogP contribution < -0.4 is 0 Å². The smallest absolute Gasteiger partial charge is 0.351 e. The van der Waals surface area contributed by atoms with Crippen LogP contribution in [0.25, 0.3) is 0 Å². The van der Waals surface area contributed by atoms with E-state index in [4.69, 9.17) is 4.74 Å². The third kappa shape index (κ3) is 4.47. The Balaban J connectivity index is 2.99. The quantitative estimate of drug-likeness (QED) is 0.457. The number of thioether (sulfide) groups is 2. The van der Waals surface area contributed by atoms with Gasteiger partial charge in [0, 0.05) is 5.41 Å². The van der Waals surface area contributed by atoms with Gasteiger partial charge in [0.25, 0.3) is 0 Å². The van der Waals surface area contributed by atoms with E-state index < -0.39 is 15.8 Å². The van der Waals surface area contributed by atoms with Crippen LogP contribution in [-0.2, 0) is 19.4 Å². The summed E-state index contributed by atoms with van der Waals surface area (Å²) in [5, 5.41) is 10.7. The zero-order valence-electron chi connectivity index (χ0n) is 10.7. The summed E-state index contributed by atoms with van der Waals surface area (Å²) in [5.41, 5.74) is 0. The number of sulfone groups is 1. The Morgan fingerprint density at radius 1 is 1.42 bits per heavy atom. The number of hydrogen-bond donors (Lipinski definition) is 1. The summed E-state index contributed by atoms with van der Waals surface area (Å²) in [6.45, 7) is 3.60. The van der Waals surface area contributed by atoms with Gasteiger partial charge >= 0.3 is 5.97 Å². The first-order valence-electron chi connectivity index (χ1n) is 5.80. The van der Waals surface area contributed by atoms with Gasteiger partial charge in [-0.3, -0.25) is 0 Å². The van der Waals surface area contributed by atoms with Gasteiger partial charge in [-0.05, 0) is 18.2 Å². The molecule has 0 unspecified atom stereocenters. The van der Waals surface area contributed by atoms with Gasteiger partial charge < -0.3 is 9.84 Å². The van der Waals surface area contributed by atoms with Crippen molar-refractivity contribution < 1.29 is 23.1 Å². The second-order valence-corrected chi connectivity index (χ2v) is 8.07. The topological polar surface area (TPSA) is 80.7 Å². The van der Waals surface area contributed by atoms with Gasteiger partial charge in [-0.1, -0.05) is 32.0 Å². The molecule has 0 atom stereocenters. The average Bonchev–Trinajstić information content (AvgIpc) is 2.76. The molecule has 0 amide bonds. The van der Waals surface area contributed by atoms with Crippen LogP contribution in [0.1, 0.15) is 26.7 Å². The lowest BCUT2D eigenvalue weighted by atomic mass is 10.4. The lowest BCUT2D eigenvalue weighted by molar-refractivity contribution is -0.138. The van der Waals surface area contributed by atoms with Crippen molar-refractivity contribution in [3.05, 3.63) is 19.6 Å². The summed E-state index contributed by atoms with van der Waals surface area (Å²) < 4.78 is 29.2. The van der Waals surface area contributed by atoms with Crippen molar-refractivity contribution in [3.63, 3.8) is 0 Å². The zero-order valence-corrected chi connectivity index (χ0v) is 13.2. The summed E-state index contributed by atoms with van der Waals surface area (Å²) in [6.07, 6.45) is 1.54. The van der Waals surface area contributed by atoms with Gasteiger partial charge in [-0.15, -0.1) is 0 Å². The highest BCUT2D eigenvalue weighted by molar-refractivity contribution is 8.28. The van der Waals surface area contributed by atoms with E-state index in [0.717, 1.165) is 29.9 Å². The summed E-state index contributed by atoms with van der Waals surface area (Å²) in [5.74, 6) is -1.02. The van der Waals surface area contributed by atoms with Crippen LogP contribution in [0.3, 0.4) is 0 Å².